The number of halogens is 2. The summed E-state index contributed by atoms with van der Waals surface area (Å²) < 4.78 is 1.87. The molecule has 5 aromatic rings. The quantitative estimate of drug-likeness (QED) is 0.288. The highest BCUT2D eigenvalue weighted by Crippen LogP contribution is 2.30. The first-order chi connectivity index (χ1) is 15.5. The lowest BCUT2D eigenvalue weighted by Gasteiger charge is -2.10. The maximum absolute atomic E-state index is 13.0. The van der Waals surface area contributed by atoms with Gasteiger partial charge in [0, 0.05) is 0 Å². The van der Waals surface area contributed by atoms with Gasteiger partial charge in [-0.15, -0.1) is 0 Å². The van der Waals surface area contributed by atoms with Gasteiger partial charge >= 0.3 is 0 Å². The summed E-state index contributed by atoms with van der Waals surface area (Å²) in [6, 6.07) is 17.8. The van der Waals surface area contributed by atoms with Crippen LogP contribution >= 0.6 is 45.9 Å². The second kappa shape index (κ2) is 8.48. The third kappa shape index (κ3) is 4.05. The lowest BCUT2D eigenvalue weighted by atomic mass is 10.1. The molecule has 2 heterocycles. The summed E-state index contributed by atoms with van der Waals surface area (Å²) in [7, 11) is 0. The highest BCUT2D eigenvalue weighted by Gasteiger charge is 2.22. The zero-order chi connectivity index (χ0) is 22.2. The van der Waals surface area contributed by atoms with Crippen LogP contribution in [0.5, 0.6) is 0 Å². The van der Waals surface area contributed by atoms with Crippen molar-refractivity contribution >= 4 is 88.4 Å². The number of benzene rings is 3. The van der Waals surface area contributed by atoms with Gasteiger partial charge in [-0.25, -0.2) is 9.97 Å². The molecule has 0 atom stereocenters. The number of rotatable bonds is 4. The van der Waals surface area contributed by atoms with Crippen molar-refractivity contribution in [2.24, 2.45) is 0 Å². The summed E-state index contributed by atoms with van der Waals surface area (Å²) in [6.45, 7) is 0. The standard InChI is InChI=1S/C22H12Cl2N4O2S2/c23-13-9-11(19(29)27-21-25-15-5-1-3-7-17(15)31-21)12(10-14(13)24)20(30)28-22-26-16-6-2-4-8-18(16)32-22/h1-10H,(H,25,27,29)(H,26,28,30). The molecule has 0 radical (unpaired) electrons. The first kappa shape index (κ1) is 20.8. The zero-order valence-electron chi connectivity index (χ0n) is 16.1. The van der Waals surface area contributed by atoms with Crippen LogP contribution in [0.4, 0.5) is 10.3 Å². The van der Waals surface area contributed by atoms with Gasteiger partial charge in [0.2, 0.25) is 0 Å². The van der Waals surface area contributed by atoms with E-state index >= 15 is 0 Å². The van der Waals surface area contributed by atoms with E-state index in [0.717, 1.165) is 20.4 Å². The highest BCUT2D eigenvalue weighted by molar-refractivity contribution is 7.22. The number of carbonyl (C=O) groups is 2. The molecule has 2 N–H and O–H groups in total. The van der Waals surface area contributed by atoms with Crippen LogP contribution in [-0.4, -0.2) is 21.8 Å². The number of hydrogen-bond donors (Lipinski definition) is 2. The molecule has 0 aliphatic rings. The van der Waals surface area contributed by atoms with E-state index < -0.39 is 11.8 Å². The SMILES string of the molecule is O=C(Nc1nc2ccccc2s1)c1cc(Cl)c(Cl)cc1C(=O)Nc1nc2ccccc2s1. The van der Waals surface area contributed by atoms with Crippen molar-refractivity contribution in [1.29, 1.82) is 0 Å². The second-order valence-electron chi connectivity index (χ2n) is 6.69. The Morgan fingerprint density at radius 3 is 1.50 bits per heavy atom. The van der Waals surface area contributed by atoms with Gasteiger partial charge in [-0.1, -0.05) is 70.1 Å². The van der Waals surface area contributed by atoms with Gasteiger partial charge in [0.05, 0.1) is 41.6 Å². The van der Waals surface area contributed by atoms with Crippen LogP contribution < -0.4 is 10.6 Å². The topological polar surface area (TPSA) is 84.0 Å². The number of aromatic nitrogens is 2. The van der Waals surface area contributed by atoms with E-state index in [4.69, 9.17) is 23.2 Å². The van der Waals surface area contributed by atoms with Gasteiger partial charge < -0.3 is 0 Å². The summed E-state index contributed by atoms with van der Waals surface area (Å²) in [5.74, 6) is -1.03. The molecule has 0 bridgehead atoms. The first-order valence-electron chi connectivity index (χ1n) is 9.31. The van der Waals surface area contributed by atoms with Crippen molar-refractivity contribution in [2.75, 3.05) is 10.6 Å². The molecular formula is C22H12Cl2N4O2S2. The largest absolute Gasteiger partial charge is 0.298 e. The van der Waals surface area contributed by atoms with Gasteiger partial charge in [0.25, 0.3) is 11.8 Å². The average Bonchev–Trinajstić information content (AvgIpc) is 3.37. The maximum atomic E-state index is 13.0. The van der Waals surface area contributed by atoms with E-state index in [9.17, 15) is 9.59 Å². The maximum Gasteiger partial charge on any atom is 0.258 e. The minimum Gasteiger partial charge on any atom is -0.298 e. The number of nitrogens with zero attached hydrogens (tertiary/aromatic N) is 2. The summed E-state index contributed by atoms with van der Waals surface area (Å²) in [4.78, 5) is 34.9. The van der Waals surface area contributed by atoms with E-state index in [0.29, 0.717) is 10.3 Å². The molecule has 0 saturated heterocycles. The van der Waals surface area contributed by atoms with Crippen molar-refractivity contribution in [3.63, 3.8) is 0 Å². The summed E-state index contributed by atoms with van der Waals surface area (Å²) in [6.07, 6.45) is 0. The van der Waals surface area contributed by atoms with Crippen LogP contribution in [0.2, 0.25) is 10.0 Å². The molecule has 0 spiro atoms. The Morgan fingerprint density at radius 1 is 0.688 bits per heavy atom. The number of nitrogens with one attached hydrogen (secondary N) is 2. The zero-order valence-corrected chi connectivity index (χ0v) is 19.2. The number of para-hydroxylation sites is 2. The average molecular weight is 499 g/mol. The molecule has 158 valence electrons. The third-order valence-corrected chi connectivity index (χ3v) is 7.20. The van der Waals surface area contributed by atoms with Crippen LogP contribution in [0.3, 0.4) is 0 Å². The molecule has 32 heavy (non-hydrogen) atoms. The van der Waals surface area contributed by atoms with Crippen LogP contribution in [0.1, 0.15) is 20.7 Å². The Balaban J connectivity index is 1.46. The summed E-state index contributed by atoms with van der Waals surface area (Å²) >= 11 is 15.0. The van der Waals surface area contributed by atoms with E-state index in [1.54, 1.807) is 0 Å². The number of amides is 2. The van der Waals surface area contributed by atoms with E-state index in [-0.39, 0.29) is 21.2 Å². The molecule has 0 fully saturated rings. The Labute approximate surface area is 199 Å². The summed E-state index contributed by atoms with van der Waals surface area (Å²) in [5.41, 5.74) is 1.71. The molecule has 0 aliphatic carbocycles. The fourth-order valence-corrected chi connectivity index (χ4v) is 5.15. The molecule has 3 aromatic carbocycles. The third-order valence-electron chi connectivity index (χ3n) is 4.58. The molecule has 10 heteroatoms. The monoisotopic (exact) mass is 498 g/mol. The highest BCUT2D eigenvalue weighted by atomic mass is 35.5. The van der Waals surface area contributed by atoms with Crippen molar-refractivity contribution in [3.05, 3.63) is 81.8 Å². The fourth-order valence-electron chi connectivity index (χ4n) is 3.10. The van der Waals surface area contributed by atoms with Crippen molar-refractivity contribution in [3.8, 4) is 0 Å². The Bertz CT molecular complexity index is 1330. The lowest BCUT2D eigenvalue weighted by molar-refractivity contribution is 0.0990. The first-order valence-corrected chi connectivity index (χ1v) is 11.7. The van der Waals surface area contributed by atoms with Crippen molar-refractivity contribution in [1.82, 2.24) is 9.97 Å². The predicted octanol–water partition coefficient (Wildman–Crippen LogP) is 6.72. The van der Waals surface area contributed by atoms with E-state index in [1.165, 1.54) is 34.8 Å². The fraction of sp³-hybridized carbons (Fsp3) is 0. The molecule has 2 aromatic heterocycles. The summed E-state index contributed by atoms with van der Waals surface area (Å²) in [5, 5.41) is 6.66. The van der Waals surface area contributed by atoms with Gasteiger partial charge in [0.1, 0.15) is 0 Å². The van der Waals surface area contributed by atoms with E-state index in [1.807, 2.05) is 48.5 Å². The van der Waals surface area contributed by atoms with E-state index in [2.05, 4.69) is 20.6 Å². The van der Waals surface area contributed by atoms with Gasteiger partial charge in [0.15, 0.2) is 10.3 Å². The number of hydrogen-bond acceptors (Lipinski definition) is 6. The minimum absolute atomic E-state index is 0.0808. The predicted molar refractivity (Wildman–Crippen MR) is 132 cm³/mol. The van der Waals surface area contributed by atoms with Crippen LogP contribution in [0.25, 0.3) is 20.4 Å². The molecule has 0 unspecified atom stereocenters. The number of carbonyl (C=O) groups excluding carboxylic acids is 2. The molecule has 0 saturated carbocycles. The van der Waals surface area contributed by atoms with Crippen LogP contribution in [-0.2, 0) is 0 Å². The Hall–Kier alpha value is -3.04. The number of anilines is 2. The van der Waals surface area contributed by atoms with Gasteiger partial charge in [-0.3, -0.25) is 20.2 Å². The van der Waals surface area contributed by atoms with Gasteiger partial charge in [-0.05, 0) is 36.4 Å². The Kier molecular flexibility index (Phi) is 5.52. The number of fused-ring (bicyclic) bond motifs is 2. The number of thiazole rings is 2. The molecule has 0 aliphatic heterocycles. The molecule has 5 rings (SSSR count). The van der Waals surface area contributed by atoms with Gasteiger partial charge in [-0.2, -0.15) is 0 Å². The molecule has 2 amide bonds. The van der Waals surface area contributed by atoms with Crippen molar-refractivity contribution < 1.29 is 9.59 Å². The second-order valence-corrected chi connectivity index (χ2v) is 9.57. The Morgan fingerprint density at radius 2 is 1.09 bits per heavy atom. The van der Waals surface area contributed by atoms with Crippen LogP contribution in [0, 0.1) is 0 Å². The normalized spacial score (nSPS) is 11.1. The van der Waals surface area contributed by atoms with Crippen molar-refractivity contribution in [2.45, 2.75) is 0 Å². The molecule has 6 nitrogen and oxygen atoms in total. The minimum atomic E-state index is -0.517. The lowest BCUT2D eigenvalue weighted by Crippen LogP contribution is -2.20. The smallest absolute Gasteiger partial charge is 0.258 e. The van der Waals surface area contributed by atoms with Crippen LogP contribution in [0.15, 0.2) is 60.7 Å². The molecular weight excluding hydrogens is 487 g/mol.